The van der Waals surface area contributed by atoms with E-state index in [1.165, 1.54) is 0 Å². The third-order valence-corrected chi connectivity index (χ3v) is 5.50. The number of benzene rings is 1. The van der Waals surface area contributed by atoms with E-state index in [4.69, 9.17) is 0 Å². The van der Waals surface area contributed by atoms with Gasteiger partial charge in [0.1, 0.15) is 6.29 Å². The Hall–Kier alpha value is -1.42. The number of allylic oxidation sites excluding steroid dienone is 2. The molecule has 3 nitrogen and oxygen atoms in total. The van der Waals surface area contributed by atoms with Crippen molar-refractivity contribution in [1.82, 2.24) is 0 Å². The van der Waals surface area contributed by atoms with E-state index in [1.54, 1.807) is 43.3 Å². The van der Waals surface area contributed by atoms with Crippen LogP contribution in [0, 0.1) is 5.41 Å². The summed E-state index contributed by atoms with van der Waals surface area (Å²) < 4.78 is 25.1. The van der Waals surface area contributed by atoms with Gasteiger partial charge >= 0.3 is 0 Å². The van der Waals surface area contributed by atoms with Crippen molar-refractivity contribution in [2.75, 3.05) is 0 Å². The number of hydrogen-bond acceptors (Lipinski definition) is 3. The summed E-state index contributed by atoms with van der Waals surface area (Å²) in [6, 6.07) is 8.28. The van der Waals surface area contributed by atoms with Crippen molar-refractivity contribution in [3.8, 4) is 0 Å². The fraction of sp³-hybridized carbons (Fsp3) is 0.357. The van der Waals surface area contributed by atoms with E-state index >= 15 is 0 Å². The molecule has 0 aromatic heterocycles. The highest BCUT2D eigenvalue weighted by Gasteiger charge is 2.38. The largest absolute Gasteiger partial charge is 0.302 e. The van der Waals surface area contributed by atoms with Crippen molar-refractivity contribution in [2.24, 2.45) is 5.41 Å². The summed E-state index contributed by atoms with van der Waals surface area (Å²) in [5, 5.41) is 0. The van der Waals surface area contributed by atoms with Gasteiger partial charge in [-0.3, -0.25) is 0 Å². The highest BCUT2D eigenvalue weighted by molar-refractivity contribution is 7.95. The van der Waals surface area contributed by atoms with Crippen molar-refractivity contribution >= 4 is 16.1 Å². The first-order chi connectivity index (χ1) is 8.50. The molecule has 1 aromatic carbocycles. The summed E-state index contributed by atoms with van der Waals surface area (Å²) in [7, 11) is -3.55. The lowest BCUT2D eigenvalue weighted by molar-refractivity contribution is -0.114. The molecule has 0 heterocycles. The van der Waals surface area contributed by atoms with Gasteiger partial charge in [-0.1, -0.05) is 24.3 Å². The molecule has 1 aliphatic carbocycles. The third kappa shape index (κ3) is 2.12. The Balaban J connectivity index is 2.54. The fourth-order valence-corrected chi connectivity index (χ4v) is 4.19. The zero-order chi connectivity index (χ0) is 13.2. The van der Waals surface area contributed by atoms with Gasteiger partial charge in [-0.15, -0.1) is 0 Å². The lowest BCUT2D eigenvalue weighted by Gasteiger charge is -2.29. The summed E-state index contributed by atoms with van der Waals surface area (Å²) in [6.07, 6.45) is 4.61. The Labute approximate surface area is 107 Å². The van der Waals surface area contributed by atoms with Gasteiger partial charge in [-0.2, -0.15) is 0 Å². The summed E-state index contributed by atoms with van der Waals surface area (Å²) in [5.74, 6) is 0. The van der Waals surface area contributed by atoms with Crippen LogP contribution in [0.5, 0.6) is 0 Å². The van der Waals surface area contributed by atoms with Gasteiger partial charge in [0, 0.05) is 0 Å². The molecule has 0 radical (unpaired) electrons. The van der Waals surface area contributed by atoms with Crippen LogP contribution in [-0.4, -0.2) is 14.7 Å². The molecule has 0 unspecified atom stereocenters. The van der Waals surface area contributed by atoms with E-state index in [0.29, 0.717) is 12.8 Å². The molecule has 18 heavy (non-hydrogen) atoms. The molecule has 0 bridgehead atoms. The summed E-state index contributed by atoms with van der Waals surface area (Å²) in [5.41, 5.74) is -0.882. The van der Waals surface area contributed by atoms with E-state index < -0.39 is 15.3 Å². The van der Waals surface area contributed by atoms with Crippen molar-refractivity contribution in [3.63, 3.8) is 0 Å². The highest BCUT2D eigenvalue weighted by Crippen LogP contribution is 2.40. The normalized spacial score (nSPS) is 24.4. The van der Waals surface area contributed by atoms with Gasteiger partial charge in [-0.05, 0) is 38.3 Å². The summed E-state index contributed by atoms with van der Waals surface area (Å²) in [6.45, 7) is 1.70. The van der Waals surface area contributed by atoms with Crippen LogP contribution in [0.1, 0.15) is 26.2 Å². The van der Waals surface area contributed by atoms with Gasteiger partial charge in [0.2, 0.25) is 9.84 Å². The molecule has 96 valence electrons. The zero-order valence-corrected chi connectivity index (χ0v) is 11.1. The number of aldehydes is 1. The smallest absolute Gasteiger partial charge is 0.203 e. The summed E-state index contributed by atoms with van der Waals surface area (Å²) >= 11 is 0. The first-order valence-electron chi connectivity index (χ1n) is 5.98. The number of sulfone groups is 1. The van der Waals surface area contributed by atoms with Crippen LogP contribution in [0.3, 0.4) is 0 Å². The van der Waals surface area contributed by atoms with Crippen LogP contribution in [-0.2, 0) is 14.6 Å². The molecule has 4 heteroatoms. The molecule has 0 aliphatic heterocycles. The lowest BCUT2D eigenvalue weighted by atomic mass is 9.82. The highest BCUT2D eigenvalue weighted by atomic mass is 32.2. The van der Waals surface area contributed by atoms with Crippen LogP contribution in [0.15, 0.2) is 46.2 Å². The lowest BCUT2D eigenvalue weighted by Crippen LogP contribution is -2.28. The second-order valence-corrected chi connectivity index (χ2v) is 6.73. The van der Waals surface area contributed by atoms with Crippen molar-refractivity contribution in [3.05, 3.63) is 41.3 Å². The van der Waals surface area contributed by atoms with Gasteiger partial charge in [-0.25, -0.2) is 8.42 Å². The van der Waals surface area contributed by atoms with Gasteiger partial charge in [0.05, 0.1) is 15.2 Å². The van der Waals surface area contributed by atoms with Crippen LogP contribution >= 0.6 is 0 Å². The van der Waals surface area contributed by atoms with Crippen LogP contribution in [0.25, 0.3) is 0 Å². The van der Waals surface area contributed by atoms with Gasteiger partial charge < -0.3 is 4.79 Å². The maximum absolute atomic E-state index is 12.5. The first kappa shape index (κ1) is 13.0. The SMILES string of the molecule is C[C@@]1(C=O)CCCC=C1S(=O)(=O)c1ccccc1. The van der Waals surface area contributed by atoms with Crippen molar-refractivity contribution in [1.29, 1.82) is 0 Å². The minimum atomic E-state index is -3.55. The van der Waals surface area contributed by atoms with Crippen LogP contribution in [0.2, 0.25) is 0 Å². The second-order valence-electron chi connectivity index (χ2n) is 4.81. The first-order valence-corrected chi connectivity index (χ1v) is 7.46. The zero-order valence-electron chi connectivity index (χ0n) is 10.3. The van der Waals surface area contributed by atoms with Crippen LogP contribution < -0.4 is 0 Å². The molecular weight excluding hydrogens is 248 g/mol. The molecule has 0 spiro atoms. The number of rotatable bonds is 3. The topological polar surface area (TPSA) is 51.2 Å². The molecule has 0 saturated heterocycles. The molecule has 1 aliphatic rings. The van der Waals surface area contributed by atoms with Crippen molar-refractivity contribution < 1.29 is 13.2 Å². The van der Waals surface area contributed by atoms with Crippen molar-refractivity contribution in [2.45, 2.75) is 31.1 Å². The molecular formula is C14H16O3S. The number of carbonyl (C=O) groups is 1. The maximum Gasteiger partial charge on any atom is 0.203 e. The molecule has 0 fully saturated rings. The average Bonchev–Trinajstić information content (AvgIpc) is 2.40. The molecule has 0 amide bonds. The van der Waals surface area contributed by atoms with E-state index in [1.807, 2.05) is 0 Å². The average molecular weight is 264 g/mol. The molecule has 2 rings (SSSR count). The Morgan fingerprint density at radius 2 is 1.89 bits per heavy atom. The Morgan fingerprint density at radius 3 is 2.50 bits per heavy atom. The fourth-order valence-electron chi connectivity index (χ4n) is 2.32. The minimum Gasteiger partial charge on any atom is -0.302 e. The third-order valence-electron chi connectivity index (χ3n) is 3.40. The maximum atomic E-state index is 12.5. The monoisotopic (exact) mass is 264 g/mol. The minimum absolute atomic E-state index is 0.252. The van der Waals surface area contributed by atoms with Gasteiger partial charge in [0.15, 0.2) is 0 Å². The molecule has 1 aromatic rings. The van der Waals surface area contributed by atoms with E-state index in [-0.39, 0.29) is 9.80 Å². The summed E-state index contributed by atoms with van der Waals surface area (Å²) in [4.78, 5) is 11.8. The molecule has 0 N–H and O–H groups in total. The Kier molecular flexibility index (Phi) is 3.39. The standard InChI is InChI=1S/C14H16O3S/c1-14(11-15)10-6-5-9-13(14)18(16,17)12-7-3-2-4-8-12/h2-4,7-9,11H,5-6,10H2,1H3/t14-/m0/s1. The van der Waals surface area contributed by atoms with Crippen LogP contribution in [0.4, 0.5) is 0 Å². The second kappa shape index (κ2) is 4.69. The van der Waals surface area contributed by atoms with Gasteiger partial charge in [0.25, 0.3) is 0 Å². The predicted molar refractivity (Wildman–Crippen MR) is 69.7 cm³/mol. The van der Waals surface area contributed by atoms with E-state index in [9.17, 15) is 13.2 Å². The Bertz CT molecular complexity index is 572. The number of hydrogen-bond donors (Lipinski definition) is 0. The quantitative estimate of drug-likeness (QED) is 0.789. The van der Waals surface area contributed by atoms with E-state index in [0.717, 1.165) is 12.7 Å². The number of carbonyl (C=O) groups excluding carboxylic acids is 1. The molecule has 1 atom stereocenters. The molecule has 0 saturated carbocycles. The van der Waals surface area contributed by atoms with E-state index in [2.05, 4.69) is 0 Å². The Morgan fingerprint density at radius 1 is 1.22 bits per heavy atom. The predicted octanol–water partition coefficient (Wildman–Crippen LogP) is 2.73.